The topological polar surface area (TPSA) is 102 Å². The van der Waals surface area contributed by atoms with Crippen molar-refractivity contribution in [1.29, 1.82) is 0 Å². The number of anilines is 2. The van der Waals surface area contributed by atoms with Crippen molar-refractivity contribution < 1.29 is 28.7 Å². The Bertz CT molecular complexity index is 1400. The first-order chi connectivity index (χ1) is 18.5. The molecule has 0 unspecified atom stereocenters. The van der Waals surface area contributed by atoms with Gasteiger partial charge >= 0.3 is 5.97 Å². The second kappa shape index (κ2) is 9.63. The lowest BCUT2D eigenvalue weighted by atomic mass is 9.85. The molecular formula is C30H24N2O6. The summed E-state index contributed by atoms with van der Waals surface area (Å²) in [5.74, 6) is -0.511. The van der Waals surface area contributed by atoms with Crippen LogP contribution >= 0.6 is 0 Å². The van der Waals surface area contributed by atoms with E-state index in [1.165, 1.54) is 17.0 Å². The fraction of sp³-hybridized carbons (Fsp3) is 0.200. The summed E-state index contributed by atoms with van der Waals surface area (Å²) in [5, 5.41) is 2.67. The lowest BCUT2D eigenvalue weighted by Crippen LogP contribution is -2.32. The van der Waals surface area contributed by atoms with Gasteiger partial charge in [-0.2, -0.15) is 0 Å². The molecule has 1 N–H and O–H groups in total. The van der Waals surface area contributed by atoms with Crippen LogP contribution in [0.15, 0.2) is 91.0 Å². The molecule has 3 aromatic rings. The first-order valence-electron chi connectivity index (χ1n) is 12.4. The Morgan fingerprint density at radius 3 is 2.03 bits per heavy atom. The Morgan fingerprint density at radius 1 is 0.789 bits per heavy atom. The van der Waals surface area contributed by atoms with E-state index in [4.69, 9.17) is 9.47 Å². The van der Waals surface area contributed by atoms with Crippen LogP contribution in [-0.4, -0.2) is 30.3 Å². The summed E-state index contributed by atoms with van der Waals surface area (Å²) in [6.45, 7) is -0.467. The molecule has 6 rings (SSSR count). The predicted octanol–water partition coefficient (Wildman–Crippen LogP) is 4.59. The molecule has 3 aliphatic rings. The number of carbonyl (C=O) groups excluding carboxylic acids is 4. The molecule has 8 heteroatoms. The monoisotopic (exact) mass is 508 g/mol. The number of carbonyl (C=O) groups is 4. The minimum atomic E-state index is -0.684. The molecule has 1 saturated heterocycles. The molecule has 4 atom stereocenters. The van der Waals surface area contributed by atoms with Crippen molar-refractivity contribution in [3.8, 4) is 11.5 Å². The standard InChI is InChI=1S/C30H24N2O6/c33-25(31-21-10-14-24(15-11-21)38-23-4-2-1-3-5-23)17-37-30(36)18-8-12-22(13-9-18)32-28(34)26-19-6-7-20(16-19)27(26)29(32)35/h1-15,19-20,26-27H,16-17H2,(H,31,33)/t19-,20-,26-,27-/m0/s1. The molecule has 3 aromatic carbocycles. The van der Waals surface area contributed by atoms with Gasteiger partial charge < -0.3 is 14.8 Å². The number of fused-ring (bicyclic) bond motifs is 5. The van der Waals surface area contributed by atoms with Gasteiger partial charge in [-0.3, -0.25) is 19.3 Å². The lowest BCUT2D eigenvalue weighted by Gasteiger charge is -2.17. The van der Waals surface area contributed by atoms with Gasteiger partial charge in [-0.1, -0.05) is 30.4 Å². The molecule has 8 nitrogen and oxygen atoms in total. The van der Waals surface area contributed by atoms with Crippen molar-refractivity contribution >= 4 is 35.1 Å². The van der Waals surface area contributed by atoms with Crippen LogP contribution < -0.4 is 15.0 Å². The fourth-order valence-electron chi connectivity index (χ4n) is 5.55. The number of allylic oxidation sites excluding steroid dienone is 2. The van der Waals surface area contributed by atoms with Crippen LogP contribution in [0.3, 0.4) is 0 Å². The average Bonchev–Trinajstić information content (AvgIpc) is 3.63. The number of esters is 1. The maximum atomic E-state index is 13.0. The molecule has 0 radical (unpaired) electrons. The van der Waals surface area contributed by atoms with E-state index in [1.807, 2.05) is 42.5 Å². The van der Waals surface area contributed by atoms with Crippen LogP contribution in [0, 0.1) is 23.7 Å². The number of hydrogen-bond acceptors (Lipinski definition) is 6. The smallest absolute Gasteiger partial charge is 0.338 e. The molecule has 1 saturated carbocycles. The van der Waals surface area contributed by atoms with Crippen LogP contribution in [0.25, 0.3) is 0 Å². The molecule has 2 bridgehead atoms. The molecule has 1 aliphatic heterocycles. The average molecular weight is 509 g/mol. The summed E-state index contributed by atoms with van der Waals surface area (Å²) in [6, 6.07) is 22.2. The van der Waals surface area contributed by atoms with Crippen LogP contribution in [0.1, 0.15) is 16.8 Å². The molecule has 0 spiro atoms. The normalized spacial score (nSPS) is 22.9. The second-order valence-electron chi connectivity index (χ2n) is 9.62. The minimum Gasteiger partial charge on any atom is -0.457 e. The largest absolute Gasteiger partial charge is 0.457 e. The van der Waals surface area contributed by atoms with Gasteiger partial charge in [-0.05, 0) is 78.9 Å². The molecule has 2 fully saturated rings. The van der Waals surface area contributed by atoms with Gasteiger partial charge in [0.25, 0.3) is 5.91 Å². The first kappa shape index (κ1) is 23.7. The van der Waals surface area contributed by atoms with Crippen LogP contribution in [0.4, 0.5) is 11.4 Å². The highest BCUT2D eigenvalue weighted by Gasteiger charge is 2.59. The highest BCUT2D eigenvalue weighted by molar-refractivity contribution is 6.22. The number of ether oxygens (including phenoxy) is 2. The summed E-state index contributed by atoms with van der Waals surface area (Å²) >= 11 is 0. The molecule has 2 aliphatic carbocycles. The Hall–Kier alpha value is -4.72. The van der Waals surface area contributed by atoms with Crippen molar-refractivity contribution in [2.24, 2.45) is 23.7 Å². The Morgan fingerprint density at radius 2 is 1.39 bits per heavy atom. The summed E-state index contributed by atoms with van der Waals surface area (Å²) in [6.07, 6.45) is 4.96. The van der Waals surface area contributed by atoms with Crippen molar-refractivity contribution in [3.63, 3.8) is 0 Å². The summed E-state index contributed by atoms with van der Waals surface area (Å²) in [5.41, 5.74) is 1.18. The van der Waals surface area contributed by atoms with Gasteiger partial charge in [0.2, 0.25) is 11.8 Å². The number of nitrogens with one attached hydrogen (secondary N) is 1. The molecule has 190 valence electrons. The van der Waals surface area contributed by atoms with Crippen molar-refractivity contribution in [2.45, 2.75) is 6.42 Å². The number of benzene rings is 3. The van der Waals surface area contributed by atoms with Gasteiger partial charge in [0.15, 0.2) is 6.61 Å². The Labute approximate surface area is 218 Å². The zero-order valence-electron chi connectivity index (χ0n) is 20.3. The van der Waals surface area contributed by atoms with Crippen LogP contribution in [-0.2, 0) is 19.1 Å². The minimum absolute atomic E-state index is 0.132. The van der Waals surface area contributed by atoms with Crippen molar-refractivity contribution in [1.82, 2.24) is 0 Å². The zero-order valence-corrected chi connectivity index (χ0v) is 20.3. The number of imide groups is 1. The van der Waals surface area contributed by atoms with E-state index >= 15 is 0 Å². The van der Waals surface area contributed by atoms with E-state index < -0.39 is 18.5 Å². The van der Waals surface area contributed by atoms with Crippen LogP contribution in [0.5, 0.6) is 11.5 Å². The van der Waals surface area contributed by atoms with Gasteiger partial charge in [0, 0.05) is 5.69 Å². The number of para-hydroxylation sites is 1. The maximum Gasteiger partial charge on any atom is 0.338 e. The van der Waals surface area contributed by atoms with Gasteiger partial charge in [0.05, 0.1) is 23.1 Å². The SMILES string of the molecule is O=C(COC(=O)c1ccc(N2C(=O)[C@@H]3[C@@H](C2=O)[C@H]2C=C[C@H]3C2)cc1)Nc1ccc(Oc2ccccc2)cc1. The molecule has 1 heterocycles. The first-order valence-corrected chi connectivity index (χ1v) is 12.4. The number of amides is 3. The van der Waals surface area contributed by atoms with Crippen molar-refractivity contribution in [2.75, 3.05) is 16.8 Å². The lowest BCUT2D eigenvalue weighted by molar-refractivity contribution is -0.123. The van der Waals surface area contributed by atoms with Crippen molar-refractivity contribution in [3.05, 3.63) is 96.6 Å². The van der Waals surface area contributed by atoms with E-state index in [2.05, 4.69) is 5.32 Å². The van der Waals surface area contributed by atoms with Crippen LogP contribution in [0.2, 0.25) is 0 Å². The highest BCUT2D eigenvalue weighted by atomic mass is 16.5. The second-order valence-corrected chi connectivity index (χ2v) is 9.62. The fourth-order valence-corrected chi connectivity index (χ4v) is 5.55. The number of nitrogens with zero attached hydrogens (tertiary/aromatic N) is 1. The van der Waals surface area contributed by atoms with Gasteiger partial charge in [-0.15, -0.1) is 0 Å². The van der Waals surface area contributed by atoms with E-state index in [0.717, 1.165) is 6.42 Å². The summed E-state index contributed by atoms with van der Waals surface area (Å²) < 4.78 is 10.9. The molecule has 3 amide bonds. The summed E-state index contributed by atoms with van der Waals surface area (Å²) in [7, 11) is 0. The third-order valence-electron chi connectivity index (χ3n) is 7.28. The Kier molecular flexibility index (Phi) is 5.99. The molecule has 0 aromatic heterocycles. The number of rotatable bonds is 7. The maximum absolute atomic E-state index is 13.0. The molecule has 38 heavy (non-hydrogen) atoms. The number of hydrogen-bond donors (Lipinski definition) is 1. The third-order valence-corrected chi connectivity index (χ3v) is 7.28. The van der Waals surface area contributed by atoms with E-state index in [1.54, 1.807) is 36.4 Å². The zero-order chi connectivity index (χ0) is 26.2. The van der Waals surface area contributed by atoms with E-state index in [9.17, 15) is 19.2 Å². The predicted molar refractivity (Wildman–Crippen MR) is 139 cm³/mol. The Balaban J connectivity index is 1.01. The van der Waals surface area contributed by atoms with E-state index in [-0.39, 0.29) is 41.0 Å². The quantitative estimate of drug-likeness (QED) is 0.285. The molecular weight excluding hydrogens is 484 g/mol. The highest BCUT2D eigenvalue weighted by Crippen LogP contribution is 2.53. The van der Waals surface area contributed by atoms with E-state index in [0.29, 0.717) is 22.9 Å². The van der Waals surface area contributed by atoms with Gasteiger partial charge in [-0.25, -0.2) is 4.79 Å². The third kappa shape index (κ3) is 4.34. The van der Waals surface area contributed by atoms with Gasteiger partial charge in [0.1, 0.15) is 11.5 Å². The summed E-state index contributed by atoms with van der Waals surface area (Å²) in [4.78, 5) is 51.9.